The SMILES string of the molecule is OCC(O)c1ccc2c(c1)C13CCCCC1C1NCC1C23. The highest BCUT2D eigenvalue weighted by molar-refractivity contribution is 5.57. The van der Waals surface area contributed by atoms with Gasteiger partial charge in [0.15, 0.2) is 0 Å². The van der Waals surface area contributed by atoms with Gasteiger partial charge in [-0.3, -0.25) is 0 Å². The first-order chi connectivity index (χ1) is 10.3. The number of fused-ring (bicyclic) bond motifs is 5. The second kappa shape index (κ2) is 4.09. The van der Waals surface area contributed by atoms with Gasteiger partial charge in [0.05, 0.1) is 6.61 Å². The first-order valence-electron chi connectivity index (χ1n) is 8.44. The van der Waals surface area contributed by atoms with Crippen molar-refractivity contribution in [1.29, 1.82) is 0 Å². The molecule has 112 valence electrons. The van der Waals surface area contributed by atoms with E-state index >= 15 is 0 Å². The van der Waals surface area contributed by atoms with E-state index in [0.717, 1.165) is 29.4 Å². The van der Waals surface area contributed by atoms with Crippen molar-refractivity contribution in [1.82, 2.24) is 5.32 Å². The van der Waals surface area contributed by atoms with Crippen molar-refractivity contribution in [3.05, 3.63) is 34.9 Å². The summed E-state index contributed by atoms with van der Waals surface area (Å²) in [6.45, 7) is 0.999. The Kier molecular flexibility index (Phi) is 2.46. The van der Waals surface area contributed by atoms with Gasteiger partial charge in [0, 0.05) is 18.0 Å². The zero-order valence-electron chi connectivity index (χ0n) is 12.3. The Morgan fingerprint density at radius 1 is 1.33 bits per heavy atom. The maximum absolute atomic E-state index is 9.96. The fourth-order valence-corrected chi connectivity index (χ4v) is 6.14. The average Bonchev–Trinajstić information content (AvgIpc) is 2.66. The quantitative estimate of drug-likeness (QED) is 0.777. The summed E-state index contributed by atoms with van der Waals surface area (Å²) in [5.41, 5.74) is 4.31. The predicted octanol–water partition coefficient (Wildman–Crippen LogP) is 1.84. The number of aliphatic hydroxyl groups excluding tert-OH is 2. The number of nitrogens with one attached hydrogen (secondary N) is 1. The third-order valence-electron chi connectivity index (χ3n) is 6.96. The molecule has 1 spiro atoms. The van der Waals surface area contributed by atoms with Crippen molar-refractivity contribution in [3.63, 3.8) is 0 Å². The van der Waals surface area contributed by atoms with Crippen LogP contribution in [-0.4, -0.2) is 29.4 Å². The summed E-state index contributed by atoms with van der Waals surface area (Å²) in [6, 6.07) is 7.18. The fourth-order valence-electron chi connectivity index (χ4n) is 6.14. The summed E-state index contributed by atoms with van der Waals surface area (Å²) in [4.78, 5) is 0. The van der Waals surface area contributed by atoms with Crippen LogP contribution >= 0.6 is 0 Å². The molecule has 0 amide bonds. The van der Waals surface area contributed by atoms with Crippen LogP contribution < -0.4 is 5.32 Å². The molecule has 0 bridgehead atoms. The molecule has 3 heteroatoms. The maximum Gasteiger partial charge on any atom is 0.102 e. The zero-order chi connectivity index (χ0) is 14.2. The summed E-state index contributed by atoms with van der Waals surface area (Å²) in [5, 5.41) is 22.9. The van der Waals surface area contributed by atoms with Gasteiger partial charge in [0.1, 0.15) is 6.10 Å². The molecule has 21 heavy (non-hydrogen) atoms. The van der Waals surface area contributed by atoms with Crippen LogP contribution in [0.4, 0.5) is 0 Å². The van der Waals surface area contributed by atoms with Gasteiger partial charge in [-0.05, 0) is 47.3 Å². The molecule has 1 aromatic carbocycles. The van der Waals surface area contributed by atoms with Gasteiger partial charge in [-0.1, -0.05) is 31.0 Å². The molecule has 3 N–H and O–H groups in total. The van der Waals surface area contributed by atoms with Crippen LogP contribution in [0.25, 0.3) is 0 Å². The molecule has 1 aliphatic heterocycles. The smallest absolute Gasteiger partial charge is 0.102 e. The highest BCUT2D eigenvalue weighted by Gasteiger charge is 2.69. The Bertz CT molecular complexity index is 601. The Labute approximate surface area is 125 Å². The van der Waals surface area contributed by atoms with Crippen molar-refractivity contribution in [2.75, 3.05) is 13.2 Å². The minimum atomic E-state index is -0.732. The molecule has 3 aliphatic carbocycles. The third kappa shape index (κ3) is 1.32. The van der Waals surface area contributed by atoms with Gasteiger partial charge in [-0.25, -0.2) is 0 Å². The molecule has 6 atom stereocenters. The molecule has 3 nitrogen and oxygen atoms in total. The Hall–Kier alpha value is -0.900. The molecule has 4 aliphatic rings. The first kappa shape index (κ1) is 12.6. The Morgan fingerprint density at radius 2 is 2.24 bits per heavy atom. The largest absolute Gasteiger partial charge is 0.393 e. The second-order valence-electron chi connectivity index (χ2n) is 7.51. The summed E-state index contributed by atoms with van der Waals surface area (Å²) in [7, 11) is 0. The van der Waals surface area contributed by atoms with Crippen LogP contribution in [0.15, 0.2) is 18.2 Å². The van der Waals surface area contributed by atoms with Crippen LogP contribution in [0.2, 0.25) is 0 Å². The average molecular weight is 285 g/mol. The van der Waals surface area contributed by atoms with E-state index < -0.39 is 6.10 Å². The molecular weight excluding hydrogens is 262 g/mol. The highest BCUT2D eigenvalue weighted by Crippen LogP contribution is 2.71. The highest BCUT2D eigenvalue weighted by atomic mass is 16.3. The first-order valence-corrected chi connectivity index (χ1v) is 8.44. The fraction of sp³-hybridized carbons (Fsp3) is 0.667. The van der Waals surface area contributed by atoms with E-state index in [4.69, 9.17) is 0 Å². The number of aliphatic hydroxyl groups is 2. The molecule has 6 unspecified atom stereocenters. The van der Waals surface area contributed by atoms with E-state index in [9.17, 15) is 10.2 Å². The van der Waals surface area contributed by atoms with E-state index in [-0.39, 0.29) is 6.61 Å². The van der Waals surface area contributed by atoms with Crippen molar-refractivity contribution in [3.8, 4) is 0 Å². The van der Waals surface area contributed by atoms with Crippen LogP contribution in [0.5, 0.6) is 0 Å². The molecule has 1 saturated heterocycles. The molecule has 1 heterocycles. The van der Waals surface area contributed by atoms with E-state index in [1.165, 1.54) is 43.4 Å². The van der Waals surface area contributed by atoms with E-state index in [1.807, 2.05) is 6.07 Å². The van der Waals surface area contributed by atoms with Gasteiger partial charge in [0.25, 0.3) is 0 Å². The topological polar surface area (TPSA) is 52.5 Å². The van der Waals surface area contributed by atoms with Gasteiger partial charge in [0.2, 0.25) is 0 Å². The summed E-state index contributed by atoms with van der Waals surface area (Å²) in [6.07, 6.45) is 4.67. The van der Waals surface area contributed by atoms with Crippen LogP contribution in [0.1, 0.15) is 54.4 Å². The zero-order valence-corrected chi connectivity index (χ0v) is 12.3. The van der Waals surface area contributed by atoms with Crippen LogP contribution in [-0.2, 0) is 5.41 Å². The third-order valence-corrected chi connectivity index (χ3v) is 6.96. The predicted molar refractivity (Wildman–Crippen MR) is 80.1 cm³/mol. The van der Waals surface area contributed by atoms with E-state index in [1.54, 1.807) is 0 Å². The van der Waals surface area contributed by atoms with Gasteiger partial charge >= 0.3 is 0 Å². The van der Waals surface area contributed by atoms with Crippen LogP contribution in [0, 0.1) is 11.8 Å². The van der Waals surface area contributed by atoms with Crippen molar-refractivity contribution in [2.24, 2.45) is 11.8 Å². The lowest BCUT2D eigenvalue weighted by Crippen LogP contribution is -2.53. The number of hydrogen-bond donors (Lipinski definition) is 3. The lowest BCUT2D eigenvalue weighted by Gasteiger charge is -2.54. The normalized spacial score (nSPS) is 43.7. The van der Waals surface area contributed by atoms with Crippen molar-refractivity contribution < 1.29 is 10.2 Å². The van der Waals surface area contributed by atoms with Gasteiger partial charge in [-0.2, -0.15) is 0 Å². The minimum Gasteiger partial charge on any atom is -0.393 e. The van der Waals surface area contributed by atoms with E-state index in [2.05, 4.69) is 17.4 Å². The number of hydrogen-bond acceptors (Lipinski definition) is 3. The summed E-state index contributed by atoms with van der Waals surface area (Å²) in [5.74, 6) is 2.39. The van der Waals surface area contributed by atoms with Gasteiger partial charge in [-0.15, -0.1) is 0 Å². The summed E-state index contributed by atoms with van der Waals surface area (Å²) >= 11 is 0. The molecular formula is C18H23NO2. The molecule has 3 fully saturated rings. The number of rotatable bonds is 2. The molecule has 5 rings (SSSR count). The lowest BCUT2D eigenvalue weighted by molar-refractivity contribution is 0.0947. The minimum absolute atomic E-state index is 0.189. The molecule has 1 aromatic rings. The van der Waals surface area contributed by atoms with Crippen molar-refractivity contribution >= 4 is 0 Å². The summed E-state index contributed by atoms with van der Waals surface area (Å²) < 4.78 is 0. The molecule has 0 aromatic heterocycles. The number of benzene rings is 1. The molecule has 2 saturated carbocycles. The van der Waals surface area contributed by atoms with Crippen LogP contribution in [0.3, 0.4) is 0 Å². The van der Waals surface area contributed by atoms with Crippen molar-refractivity contribution in [2.45, 2.75) is 49.2 Å². The van der Waals surface area contributed by atoms with Gasteiger partial charge < -0.3 is 15.5 Å². The standard InChI is InChI=1S/C18H23NO2/c20-9-15(21)10-4-5-11-14(7-10)18-6-2-1-3-13(18)17-12(8-19-17)16(11)18/h4-5,7,12-13,15-17,19-21H,1-3,6,8-9H2. The second-order valence-corrected chi connectivity index (χ2v) is 7.51. The Morgan fingerprint density at radius 3 is 3.00 bits per heavy atom. The monoisotopic (exact) mass is 285 g/mol. The molecule has 0 radical (unpaired) electrons. The van der Waals surface area contributed by atoms with E-state index in [0.29, 0.717) is 5.41 Å². The lowest BCUT2D eigenvalue weighted by atomic mass is 9.49. The maximum atomic E-state index is 9.96. The Balaban J connectivity index is 1.63.